The van der Waals surface area contributed by atoms with Gasteiger partial charge in [0, 0.05) is 42.7 Å². The zero-order valence-corrected chi connectivity index (χ0v) is 28.8. The van der Waals surface area contributed by atoms with E-state index in [1.807, 2.05) is 65.3 Å². The summed E-state index contributed by atoms with van der Waals surface area (Å²) < 4.78 is 7.67. The summed E-state index contributed by atoms with van der Waals surface area (Å²) in [6.07, 6.45) is 3.46. The number of benzene rings is 4. The first-order chi connectivity index (χ1) is 25.3. The number of nitrogens with zero attached hydrogens (tertiary/aromatic N) is 3. The molecule has 1 atom stereocenters. The number of aliphatic hydroxyl groups excluding tert-OH is 1. The van der Waals surface area contributed by atoms with Crippen LogP contribution in [0.15, 0.2) is 95.8 Å². The highest BCUT2D eigenvalue weighted by Crippen LogP contribution is 2.31. The van der Waals surface area contributed by atoms with E-state index in [9.17, 15) is 19.8 Å². The number of nitrogens with two attached hydrogens (primary N) is 1. The number of anilines is 1. The van der Waals surface area contributed by atoms with Crippen molar-refractivity contribution < 1.29 is 19.7 Å². The van der Waals surface area contributed by atoms with Gasteiger partial charge in [-0.2, -0.15) is 0 Å². The number of rotatable bonds is 12. The van der Waals surface area contributed by atoms with Gasteiger partial charge in [-0.05, 0) is 91.1 Å². The first-order valence-electron chi connectivity index (χ1n) is 17.8. The number of aryl methyl sites for hydroxylation is 2. The van der Waals surface area contributed by atoms with E-state index in [1.54, 1.807) is 12.1 Å². The highest BCUT2D eigenvalue weighted by atomic mass is 16.6. The van der Waals surface area contributed by atoms with Crippen molar-refractivity contribution in [2.24, 2.45) is 5.73 Å². The van der Waals surface area contributed by atoms with Gasteiger partial charge in [-0.15, -0.1) is 5.10 Å². The van der Waals surface area contributed by atoms with Crippen LogP contribution in [0.3, 0.4) is 0 Å². The molecule has 1 aliphatic carbocycles. The number of hydrogen-bond donors (Lipinski definition) is 6. The molecule has 6 aromatic rings. The molecule has 0 bridgehead atoms. The number of carbonyl (C=O) groups is 1. The van der Waals surface area contributed by atoms with Crippen LogP contribution < -0.4 is 21.9 Å². The van der Waals surface area contributed by atoms with Gasteiger partial charge in [-0.3, -0.25) is 10.1 Å². The molecular weight excluding hydrogens is 658 g/mol. The molecule has 7 N–H and O–H groups in total. The molecule has 1 aliphatic rings. The van der Waals surface area contributed by atoms with Crippen LogP contribution in [-0.4, -0.2) is 55.0 Å². The number of ether oxygens (including phenoxy) is 1. The molecule has 12 nitrogen and oxygen atoms in total. The summed E-state index contributed by atoms with van der Waals surface area (Å²) in [6.45, 7) is 1.44. The van der Waals surface area contributed by atoms with Crippen LogP contribution in [0, 0.1) is 0 Å². The fourth-order valence-electron chi connectivity index (χ4n) is 6.96. The maximum Gasteiger partial charge on any atom is 0.411 e. The minimum atomic E-state index is -0.852. The normalized spacial score (nSPS) is 16.6. The number of amides is 1. The lowest BCUT2D eigenvalue weighted by Gasteiger charge is -2.26. The van der Waals surface area contributed by atoms with Crippen LogP contribution in [0.5, 0.6) is 5.75 Å². The Morgan fingerprint density at radius 3 is 2.62 bits per heavy atom. The maximum absolute atomic E-state index is 13.0. The van der Waals surface area contributed by atoms with E-state index < -0.39 is 12.2 Å². The Morgan fingerprint density at radius 2 is 1.79 bits per heavy atom. The standard InChI is InChI=1S/C40H43N7O5/c41-28-10-12-29(13-11-28)52-40(51)43-33-21-25(8-14-30(33)27-6-2-1-3-7-27)5-4-20-47-35-17-9-26(22-34(35)45-46-47)23-42-24-37(49)31-15-18-36(48)39-32(31)16-19-38(50)44-39/h1-3,6-9,14-19,21-22,28-29,37,42,48-49H,4-5,10-13,20,23-24,41H2,(H,43,51)(H,44,50)/t28?,29?,37-/m0/s1. The van der Waals surface area contributed by atoms with E-state index in [0.717, 1.165) is 71.8 Å². The number of phenolic OH excluding ortho intramolecular Hbond substituents is 1. The molecule has 1 fully saturated rings. The van der Waals surface area contributed by atoms with E-state index >= 15 is 0 Å². The number of aliphatic hydroxyl groups is 1. The molecule has 268 valence electrons. The molecule has 2 aromatic heterocycles. The number of H-pyrrole nitrogens is 1. The predicted octanol–water partition coefficient (Wildman–Crippen LogP) is 5.92. The number of aromatic amines is 1. The summed E-state index contributed by atoms with van der Waals surface area (Å²) in [4.78, 5) is 27.3. The van der Waals surface area contributed by atoms with Crippen LogP contribution in [-0.2, 0) is 24.2 Å². The van der Waals surface area contributed by atoms with Crippen molar-refractivity contribution in [2.45, 2.75) is 69.9 Å². The van der Waals surface area contributed by atoms with Crippen molar-refractivity contribution in [3.8, 4) is 16.9 Å². The SMILES string of the molecule is NC1CCC(OC(=O)Nc2cc(CCCn3nnc4cc(CNC[C@H](O)c5ccc(O)c6[nH]c(=O)ccc56)ccc43)ccc2-c2ccccc2)CC1. The molecule has 1 saturated carbocycles. The van der Waals surface area contributed by atoms with Crippen molar-refractivity contribution in [2.75, 3.05) is 11.9 Å². The molecule has 52 heavy (non-hydrogen) atoms. The lowest BCUT2D eigenvalue weighted by Crippen LogP contribution is -2.32. The Morgan fingerprint density at radius 1 is 0.981 bits per heavy atom. The highest BCUT2D eigenvalue weighted by Gasteiger charge is 2.22. The number of fused-ring (bicyclic) bond motifs is 2. The fourth-order valence-corrected chi connectivity index (χ4v) is 6.96. The third-order valence-electron chi connectivity index (χ3n) is 9.74. The molecule has 2 heterocycles. The van der Waals surface area contributed by atoms with Crippen molar-refractivity contribution in [3.05, 3.63) is 118 Å². The third kappa shape index (κ3) is 8.15. The first-order valence-corrected chi connectivity index (χ1v) is 17.8. The third-order valence-corrected chi connectivity index (χ3v) is 9.74. The fraction of sp³-hybridized carbons (Fsp3) is 0.300. The van der Waals surface area contributed by atoms with E-state index in [1.165, 1.54) is 12.1 Å². The Balaban J connectivity index is 0.956. The second kappa shape index (κ2) is 15.8. The van der Waals surface area contributed by atoms with Gasteiger partial charge in [-0.25, -0.2) is 9.48 Å². The topological polar surface area (TPSA) is 180 Å². The minimum Gasteiger partial charge on any atom is -0.506 e. The van der Waals surface area contributed by atoms with E-state index in [-0.39, 0.29) is 30.0 Å². The summed E-state index contributed by atoms with van der Waals surface area (Å²) >= 11 is 0. The van der Waals surface area contributed by atoms with Crippen LogP contribution in [0.25, 0.3) is 33.1 Å². The summed E-state index contributed by atoms with van der Waals surface area (Å²) in [6, 6.07) is 28.5. The Labute approximate surface area is 300 Å². The van der Waals surface area contributed by atoms with Crippen molar-refractivity contribution >= 4 is 33.7 Å². The molecule has 4 aromatic carbocycles. The van der Waals surface area contributed by atoms with Gasteiger partial charge in [0.25, 0.3) is 0 Å². The number of carbonyl (C=O) groups excluding carboxylic acids is 1. The lowest BCUT2D eigenvalue weighted by atomic mass is 9.94. The maximum atomic E-state index is 13.0. The summed E-state index contributed by atoms with van der Waals surface area (Å²) in [5, 5.41) is 36.8. The number of aromatic hydroxyl groups is 1. The largest absolute Gasteiger partial charge is 0.506 e. The second-order valence-electron chi connectivity index (χ2n) is 13.5. The predicted molar refractivity (Wildman–Crippen MR) is 201 cm³/mol. The molecule has 0 unspecified atom stereocenters. The Hall–Kier alpha value is -5.56. The molecule has 0 saturated heterocycles. The van der Waals surface area contributed by atoms with E-state index in [4.69, 9.17) is 10.5 Å². The Kier molecular flexibility index (Phi) is 10.6. The van der Waals surface area contributed by atoms with Crippen LogP contribution in [0.1, 0.15) is 54.9 Å². The van der Waals surface area contributed by atoms with Gasteiger partial charge in [0.05, 0.1) is 22.8 Å². The van der Waals surface area contributed by atoms with Crippen LogP contribution >= 0.6 is 0 Å². The van der Waals surface area contributed by atoms with Crippen LogP contribution in [0.2, 0.25) is 0 Å². The molecule has 0 spiro atoms. The monoisotopic (exact) mass is 701 g/mol. The van der Waals surface area contributed by atoms with Gasteiger partial charge in [0.2, 0.25) is 5.56 Å². The summed E-state index contributed by atoms with van der Waals surface area (Å²) in [7, 11) is 0. The molecule has 0 aliphatic heterocycles. The molecule has 12 heteroatoms. The summed E-state index contributed by atoms with van der Waals surface area (Å²) in [5.74, 6) is -0.0443. The van der Waals surface area contributed by atoms with Gasteiger partial charge < -0.3 is 31.0 Å². The van der Waals surface area contributed by atoms with Crippen molar-refractivity contribution in [1.29, 1.82) is 0 Å². The van der Waals surface area contributed by atoms with E-state index in [0.29, 0.717) is 35.2 Å². The number of nitrogens with one attached hydrogen (secondary N) is 3. The highest BCUT2D eigenvalue weighted by molar-refractivity contribution is 5.92. The van der Waals surface area contributed by atoms with E-state index in [2.05, 4.69) is 32.0 Å². The average Bonchev–Trinajstić information content (AvgIpc) is 3.55. The molecule has 7 rings (SSSR count). The second-order valence-corrected chi connectivity index (χ2v) is 13.5. The molecular formula is C40H43N7O5. The zero-order chi connectivity index (χ0) is 36.0. The number of aromatic nitrogens is 4. The zero-order valence-electron chi connectivity index (χ0n) is 28.8. The Bertz CT molecular complexity index is 2230. The molecule has 0 radical (unpaired) electrons. The first kappa shape index (κ1) is 34.9. The van der Waals surface area contributed by atoms with Gasteiger partial charge in [0.15, 0.2) is 0 Å². The van der Waals surface area contributed by atoms with Crippen molar-refractivity contribution in [3.63, 3.8) is 0 Å². The van der Waals surface area contributed by atoms with Gasteiger partial charge in [-0.1, -0.05) is 59.8 Å². The lowest BCUT2D eigenvalue weighted by molar-refractivity contribution is 0.0826. The van der Waals surface area contributed by atoms with Gasteiger partial charge in [0.1, 0.15) is 17.4 Å². The van der Waals surface area contributed by atoms with Gasteiger partial charge >= 0.3 is 6.09 Å². The number of pyridine rings is 1. The molecule has 1 amide bonds. The average molecular weight is 702 g/mol. The number of phenols is 1. The number of hydrogen-bond acceptors (Lipinski definition) is 9. The minimum absolute atomic E-state index is 0.0443. The quantitative estimate of drug-likeness (QED) is 0.0903. The summed E-state index contributed by atoms with van der Waals surface area (Å²) in [5.41, 5.74) is 13.1. The van der Waals surface area contributed by atoms with Crippen molar-refractivity contribution in [1.82, 2.24) is 25.3 Å². The smallest absolute Gasteiger partial charge is 0.411 e. The van der Waals surface area contributed by atoms with Crippen LogP contribution in [0.4, 0.5) is 10.5 Å².